The van der Waals surface area contributed by atoms with Crippen molar-refractivity contribution in [1.82, 2.24) is 0 Å². The summed E-state index contributed by atoms with van der Waals surface area (Å²) in [6.45, 7) is 8.08. The topological polar surface area (TPSA) is 77.8 Å². The molecule has 0 saturated carbocycles. The van der Waals surface area contributed by atoms with Crippen LogP contribution in [0, 0.1) is 0 Å². The first-order valence-electron chi connectivity index (χ1n) is 7.01. The van der Waals surface area contributed by atoms with Gasteiger partial charge in [0, 0.05) is 6.61 Å². The molecule has 0 aromatic carbocycles. The minimum Gasteiger partial charge on any atom is -0.396 e. The van der Waals surface area contributed by atoms with Gasteiger partial charge in [0.05, 0.1) is 5.16 Å². The molecule has 0 unspecified atom stereocenters. The van der Waals surface area contributed by atoms with Crippen LogP contribution in [0.2, 0.25) is 0 Å². The summed E-state index contributed by atoms with van der Waals surface area (Å²) in [5, 5.41) is 7.11. The molecule has 0 radical (unpaired) electrons. The molecule has 0 aliphatic carbocycles. The molecule has 5 heteroatoms. The molecule has 0 rings (SSSR count). The maximum atomic E-state index is 11.4. The summed E-state index contributed by atoms with van der Waals surface area (Å²) in [5.41, 5.74) is 0. The van der Waals surface area contributed by atoms with Crippen LogP contribution in [0.4, 0.5) is 0 Å². The minimum absolute atomic E-state index is 0.319. The molecule has 0 fully saturated rings. The van der Waals surface area contributed by atoms with E-state index in [0.717, 1.165) is 25.7 Å². The van der Waals surface area contributed by atoms with E-state index in [0.29, 0.717) is 25.9 Å². The normalized spacial score (nSPS) is 11.9. The van der Waals surface area contributed by atoms with Crippen LogP contribution < -0.4 is 0 Å². The molecule has 0 aliphatic rings. The first-order chi connectivity index (χ1) is 8.35. The van der Waals surface area contributed by atoms with E-state index < -0.39 is 12.8 Å². The SMILES string of the molecule is CCCCCC(CC)(CC)P(=O)(O)O.CCCO. The summed E-state index contributed by atoms with van der Waals surface area (Å²) in [4.78, 5) is 18.7. The third-order valence-corrected chi connectivity index (χ3v) is 5.50. The van der Waals surface area contributed by atoms with Crippen molar-refractivity contribution in [3.63, 3.8) is 0 Å². The van der Waals surface area contributed by atoms with Gasteiger partial charge in [-0.15, -0.1) is 0 Å². The molecule has 3 N–H and O–H groups in total. The van der Waals surface area contributed by atoms with Gasteiger partial charge in [-0.25, -0.2) is 0 Å². The smallest absolute Gasteiger partial charge is 0.331 e. The Morgan fingerprint density at radius 1 is 0.944 bits per heavy atom. The third kappa shape index (κ3) is 7.52. The Hall–Kier alpha value is 0.110. The zero-order chi connectivity index (χ0) is 14.7. The number of aliphatic hydroxyl groups is 1. The monoisotopic (exact) mass is 282 g/mol. The Bertz CT molecular complexity index is 219. The Labute approximate surface area is 112 Å². The quantitative estimate of drug-likeness (QED) is 0.468. The maximum Gasteiger partial charge on any atom is 0.331 e. The van der Waals surface area contributed by atoms with Gasteiger partial charge in [0.15, 0.2) is 0 Å². The average molecular weight is 282 g/mol. The Balaban J connectivity index is 0. The highest BCUT2D eigenvalue weighted by Crippen LogP contribution is 2.56. The summed E-state index contributed by atoms with van der Waals surface area (Å²) >= 11 is 0. The van der Waals surface area contributed by atoms with Crippen LogP contribution in [0.15, 0.2) is 0 Å². The van der Waals surface area contributed by atoms with E-state index in [4.69, 9.17) is 5.11 Å². The molecule has 0 aromatic rings. The predicted molar refractivity (Wildman–Crippen MR) is 76.9 cm³/mol. The van der Waals surface area contributed by atoms with Gasteiger partial charge in [-0.05, 0) is 25.7 Å². The summed E-state index contributed by atoms with van der Waals surface area (Å²) in [7, 11) is -3.95. The van der Waals surface area contributed by atoms with E-state index in [2.05, 4.69) is 6.92 Å². The minimum atomic E-state index is -3.95. The molecular weight excluding hydrogens is 251 g/mol. The van der Waals surface area contributed by atoms with Crippen molar-refractivity contribution in [3.8, 4) is 0 Å². The van der Waals surface area contributed by atoms with Crippen molar-refractivity contribution in [2.24, 2.45) is 0 Å². The van der Waals surface area contributed by atoms with Gasteiger partial charge in [-0.2, -0.15) is 0 Å². The van der Waals surface area contributed by atoms with Crippen LogP contribution in [-0.4, -0.2) is 26.7 Å². The Kier molecular flexibility index (Phi) is 12.5. The zero-order valence-electron chi connectivity index (χ0n) is 12.4. The van der Waals surface area contributed by atoms with Crippen molar-refractivity contribution < 1.29 is 19.5 Å². The van der Waals surface area contributed by atoms with Crippen molar-refractivity contribution in [3.05, 3.63) is 0 Å². The lowest BCUT2D eigenvalue weighted by Crippen LogP contribution is -2.27. The van der Waals surface area contributed by atoms with Crippen molar-refractivity contribution >= 4 is 7.60 Å². The molecule has 0 saturated heterocycles. The molecule has 112 valence electrons. The Morgan fingerprint density at radius 2 is 1.39 bits per heavy atom. The van der Waals surface area contributed by atoms with Crippen LogP contribution >= 0.6 is 7.60 Å². The fraction of sp³-hybridized carbons (Fsp3) is 1.00. The van der Waals surface area contributed by atoms with Crippen LogP contribution in [0.25, 0.3) is 0 Å². The number of aliphatic hydroxyl groups excluding tert-OH is 1. The second-order valence-electron chi connectivity index (χ2n) is 4.66. The molecular formula is C13H31O4P. The van der Waals surface area contributed by atoms with Gasteiger partial charge in [0.25, 0.3) is 0 Å². The summed E-state index contributed by atoms with van der Waals surface area (Å²) in [6, 6.07) is 0. The van der Waals surface area contributed by atoms with E-state index in [1.165, 1.54) is 0 Å². The molecule has 4 nitrogen and oxygen atoms in total. The second-order valence-corrected chi connectivity index (χ2v) is 6.69. The largest absolute Gasteiger partial charge is 0.396 e. The first kappa shape index (κ1) is 20.4. The van der Waals surface area contributed by atoms with Crippen LogP contribution in [0.1, 0.15) is 72.6 Å². The van der Waals surface area contributed by atoms with Gasteiger partial charge >= 0.3 is 7.60 Å². The average Bonchev–Trinajstić information content (AvgIpc) is 2.34. The molecule has 0 amide bonds. The van der Waals surface area contributed by atoms with Gasteiger partial charge in [-0.3, -0.25) is 4.57 Å². The summed E-state index contributed by atoms with van der Waals surface area (Å²) in [6.07, 6.45) is 5.73. The van der Waals surface area contributed by atoms with Crippen molar-refractivity contribution in [2.75, 3.05) is 6.61 Å². The molecule has 0 aliphatic heterocycles. The van der Waals surface area contributed by atoms with E-state index in [-0.39, 0.29) is 0 Å². The number of unbranched alkanes of at least 4 members (excludes halogenated alkanes) is 2. The molecule has 0 spiro atoms. The van der Waals surface area contributed by atoms with E-state index in [1.54, 1.807) is 0 Å². The highest BCUT2D eigenvalue weighted by atomic mass is 31.2. The van der Waals surface area contributed by atoms with Crippen LogP contribution in [0.5, 0.6) is 0 Å². The van der Waals surface area contributed by atoms with Crippen LogP contribution in [0.3, 0.4) is 0 Å². The molecule has 0 atom stereocenters. The fourth-order valence-corrected chi connectivity index (χ4v) is 3.14. The van der Waals surface area contributed by atoms with Crippen molar-refractivity contribution in [1.29, 1.82) is 0 Å². The van der Waals surface area contributed by atoms with Gasteiger partial charge in [0.2, 0.25) is 0 Å². The maximum absolute atomic E-state index is 11.4. The van der Waals surface area contributed by atoms with E-state index >= 15 is 0 Å². The van der Waals surface area contributed by atoms with Gasteiger partial charge < -0.3 is 14.9 Å². The Morgan fingerprint density at radius 3 is 1.61 bits per heavy atom. The molecule has 18 heavy (non-hydrogen) atoms. The number of hydrogen-bond donors (Lipinski definition) is 3. The molecule has 0 aromatic heterocycles. The lowest BCUT2D eigenvalue weighted by atomic mass is 9.95. The summed E-state index contributed by atoms with van der Waals surface area (Å²) < 4.78 is 11.4. The number of rotatable bonds is 8. The highest BCUT2D eigenvalue weighted by Gasteiger charge is 2.42. The van der Waals surface area contributed by atoms with Gasteiger partial charge in [0.1, 0.15) is 0 Å². The second kappa shape index (κ2) is 11.0. The first-order valence-corrected chi connectivity index (χ1v) is 8.62. The van der Waals surface area contributed by atoms with Gasteiger partial charge in [-0.1, -0.05) is 47.0 Å². The van der Waals surface area contributed by atoms with Crippen molar-refractivity contribution in [2.45, 2.75) is 77.8 Å². The fourth-order valence-electron chi connectivity index (χ4n) is 1.87. The molecule has 0 bridgehead atoms. The predicted octanol–water partition coefficient (Wildman–Crippen LogP) is 3.69. The van der Waals surface area contributed by atoms with E-state index in [9.17, 15) is 14.4 Å². The highest BCUT2D eigenvalue weighted by molar-refractivity contribution is 7.53. The number of hydrogen-bond acceptors (Lipinski definition) is 2. The standard InChI is InChI=1S/C10H23O3P.C3H8O/c1-4-7-8-9-10(5-2,6-3)14(11,12)13;1-2-3-4/h4-9H2,1-3H3,(H2,11,12,13);4H,2-3H2,1H3. The zero-order valence-corrected chi connectivity index (χ0v) is 13.2. The molecule has 0 heterocycles. The lowest BCUT2D eigenvalue weighted by Gasteiger charge is -2.32. The van der Waals surface area contributed by atoms with Crippen LogP contribution in [-0.2, 0) is 4.57 Å². The summed E-state index contributed by atoms with van der Waals surface area (Å²) in [5.74, 6) is 0. The van der Waals surface area contributed by atoms with E-state index in [1.807, 2.05) is 20.8 Å². The lowest BCUT2D eigenvalue weighted by molar-refractivity contribution is 0.295. The third-order valence-electron chi connectivity index (χ3n) is 3.40.